The summed E-state index contributed by atoms with van der Waals surface area (Å²) in [5.74, 6) is 10.9. The molecule has 6 aliphatic carbocycles. The summed E-state index contributed by atoms with van der Waals surface area (Å²) in [5, 5.41) is 0. The van der Waals surface area contributed by atoms with E-state index >= 15 is 0 Å². The second kappa shape index (κ2) is 46.3. The zero-order valence-corrected chi connectivity index (χ0v) is 61.4. The van der Waals surface area contributed by atoms with Gasteiger partial charge in [-0.3, -0.25) is 0 Å². The average Bonchev–Trinajstić information content (AvgIpc) is 3.68. The van der Waals surface area contributed by atoms with Crippen molar-refractivity contribution in [3.63, 3.8) is 0 Å². The molecule has 480 valence electrons. The molecule has 6 saturated carbocycles. The van der Waals surface area contributed by atoms with Crippen molar-refractivity contribution in [2.24, 2.45) is 59.6 Å². The smallest absolute Gasteiger partial charge is 0.171 e. The van der Waals surface area contributed by atoms with Crippen LogP contribution in [0.25, 0.3) is 0 Å². The highest BCUT2D eigenvalue weighted by Crippen LogP contribution is 2.46. The van der Waals surface area contributed by atoms with Crippen LogP contribution in [0.2, 0.25) is 0 Å². The van der Waals surface area contributed by atoms with Gasteiger partial charge in [0.25, 0.3) is 0 Å². The molecule has 0 atom stereocenters. The highest BCUT2D eigenvalue weighted by molar-refractivity contribution is 5.12. The molecule has 80 heavy (non-hydrogen) atoms. The molecule has 3 heteroatoms. The first kappa shape index (κ1) is 94.4. The molecule has 6 rings (SSSR count). The fraction of sp³-hybridized carbons (Fsp3) is 0.896. The molecule has 6 aliphatic rings. The van der Waals surface area contributed by atoms with Crippen LogP contribution < -0.4 is 0 Å². The van der Waals surface area contributed by atoms with E-state index in [1.165, 1.54) is 148 Å². The lowest BCUT2D eigenvalue weighted by molar-refractivity contribution is -0.204. The number of hydrogen-bond acceptors (Lipinski definition) is 0. The molecule has 0 radical (unpaired) electrons. The van der Waals surface area contributed by atoms with Crippen LogP contribution in [0.1, 0.15) is 383 Å². The lowest BCUT2D eigenvalue weighted by Crippen LogP contribution is -2.28. The molecule has 0 aromatic heterocycles. The summed E-state index contributed by atoms with van der Waals surface area (Å²) in [5.41, 5.74) is 3.17. The largest absolute Gasteiger partial charge is 0.393 e. The first-order valence-electron chi connectivity index (χ1n) is 33.2. The third kappa shape index (κ3) is 59.2. The number of terminal acetylenes is 4. The number of alkyl halides is 3. The third-order valence-corrected chi connectivity index (χ3v) is 16.3. The molecule has 0 aliphatic heterocycles. The van der Waals surface area contributed by atoms with E-state index in [2.05, 4.69) is 141 Å². The summed E-state index contributed by atoms with van der Waals surface area (Å²) in [6, 6.07) is 0. The molecule has 0 N–H and O–H groups in total. The van der Waals surface area contributed by atoms with Gasteiger partial charge in [0.2, 0.25) is 0 Å². The Labute approximate surface area is 508 Å². The van der Waals surface area contributed by atoms with E-state index in [1.54, 1.807) is 0 Å². The highest BCUT2D eigenvalue weighted by atomic mass is 19.4. The quantitative estimate of drug-likeness (QED) is 0.242. The Morgan fingerprint density at radius 1 is 0.338 bits per heavy atom. The summed E-state index contributed by atoms with van der Waals surface area (Å²) < 4.78 is 34.7. The Morgan fingerprint density at radius 3 is 0.600 bits per heavy atom. The maximum Gasteiger partial charge on any atom is 0.393 e. The Balaban J connectivity index is -0.000000120. The molecule has 0 nitrogen and oxygen atoms in total. The summed E-state index contributed by atoms with van der Waals surface area (Å²) >= 11 is 0. The molecule has 0 amide bonds. The van der Waals surface area contributed by atoms with E-state index in [-0.39, 0.29) is 10.8 Å². The molecule has 0 saturated heterocycles. The summed E-state index contributed by atoms with van der Waals surface area (Å²) in [6.45, 7) is 68.6. The fourth-order valence-electron chi connectivity index (χ4n) is 7.96. The van der Waals surface area contributed by atoms with Gasteiger partial charge in [0.1, 0.15) is 0 Å². The van der Waals surface area contributed by atoms with Gasteiger partial charge in [0, 0.05) is 21.7 Å². The Kier molecular flexibility index (Phi) is 54.7. The van der Waals surface area contributed by atoms with Crippen LogP contribution in [0.15, 0.2) is 0 Å². The van der Waals surface area contributed by atoms with Crippen molar-refractivity contribution in [1.82, 2.24) is 0 Å². The molecule has 0 bridgehead atoms. The minimum Gasteiger partial charge on any atom is -0.171 e. The van der Waals surface area contributed by atoms with Gasteiger partial charge in [0.05, 0.1) is 5.41 Å². The molecule has 0 aromatic carbocycles. The SMILES string of the molecule is C#CC(C)(C)C.C#CC(C)(C)CC.C#CC1(C)CC1.C#CC1(CC)CCCC1.CC.CC.CC.CC.CC.CC(C)(C)C(F)(F)F.CC1(C)CCC(C)(C)CC1.CC1(C)CCC(C)(C)CC1.CC1(C)CCCC1.CC1(C)CCCC1. The van der Waals surface area contributed by atoms with Crippen LogP contribution >= 0.6 is 0 Å². The van der Waals surface area contributed by atoms with Crippen molar-refractivity contribution in [2.75, 3.05) is 0 Å². The van der Waals surface area contributed by atoms with Crippen LogP contribution in [0, 0.1) is 109 Å². The van der Waals surface area contributed by atoms with Crippen LogP contribution in [0.5, 0.6) is 0 Å². The zero-order chi connectivity index (χ0) is 65.8. The lowest BCUT2D eigenvalue weighted by atomic mass is 9.67. The zero-order valence-electron chi connectivity index (χ0n) is 61.4. The molecular weight excluding hydrogens is 982 g/mol. The summed E-state index contributed by atoms with van der Waals surface area (Å²) in [6.07, 6.45) is 49.6. The lowest BCUT2D eigenvalue weighted by Gasteiger charge is -2.39. The van der Waals surface area contributed by atoms with Crippen molar-refractivity contribution in [3.8, 4) is 49.4 Å². The molecular formula is C77H151F3. The minimum atomic E-state index is -4.06. The number of rotatable bonds is 2. The summed E-state index contributed by atoms with van der Waals surface area (Å²) in [4.78, 5) is 0. The highest BCUT2D eigenvalue weighted by Gasteiger charge is 2.43. The van der Waals surface area contributed by atoms with E-state index in [4.69, 9.17) is 25.7 Å². The van der Waals surface area contributed by atoms with E-state index < -0.39 is 11.6 Å². The number of halogens is 3. The monoisotopic (exact) mass is 1130 g/mol. The van der Waals surface area contributed by atoms with Gasteiger partial charge in [-0.25, -0.2) is 0 Å². The minimum absolute atomic E-state index is 0.0694. The van der Waals surface area contributed by atoms with E-state index in [0.29, 0.717) is 43.3 Å². The van der Waals surface area contributed by atoms with Gasteiger partial charge in [-0.2, -0.15) is 13.2 Å². The molecule has 6 fully saturated rings. The molecule has 0 heterocycles. The van der Waals surface area contributed by atoms with Gasteiger partial charge in [-0.1, -0.05) is 231 Å². The van der Waals surface area contributed by atoms with Crippen LogP contribution in [-0.4, -0.2) is 6.18 Å². The van der Waals surface area contributed by atoms with E-state index in [1.807, 2.05) is 90.0 Å². The molecule has 0 spiro atoms. The standard InChI is InChI=1S/2C10H20.C9H14.2C7H14.C7H12.C6H8.C6H10.C5H9F3.5C2H6/c2*1-9(2)5-7-10(3,4)8-6-9;1-3-9(4-2)7-5-6-8-9;2*1-7(2)5-3-4-6-7;1-5-7(3,4)6-2;1-3-6(2)4-5-6;1-5-6(2,3)4;1-4(2,3)5(6,7)8;5*1-2/h2*5-8H2,1-4H3;1H,4-8H2,2H3;2*3-6H2,1-2H3;1H,6H2,2-4H3;1H,4-5H2,2H3;1H,2-4H3;1-3H3;5*1-2H3. The topological polar surface area (TPSA) is 0 Å². The van der Waals surface area contributed by atoms with E-state index in [0.717, 1.165) is 27.2 Å². The number of hydrogen-bond donors (Lipinski definition) is 0. The van der Waals surface area contributed by atoms with Gasteiger partial charge in [-0.15, -0.1) is 43.5 Å². The third-order valence-electron chi connectivity index (χ3n) is 16.3. The van der Waals surface area contributed by atoms with Crippen molar-refractivity contribution >= 4 is 0 Å². The van der Waals surface area contributed by atoms with Crippen molar-refractivity contribution in [1.29, 1.82) is 0 Å². The Morgan fingerprint density at radius 2 is 0.537 bits per heavy atom. The van der Waals surface area contributed by atoms with Gasteiger partial charge >= 0.3 is 6.18 Å². The van der Waals surface area contributed by atoms with Crippen LogP contribution in [0.3, 0.4) is 0 Å². The predicted octanol–water partition coefficient (Wildman–Crippen LogP) is 27.9. The van der Waals surface area contributed by atoms with Gasteiger partial charge in [0.15, 0.2) is 0 Å². The second-order valence-electron chi connectivity index (χ2n) is 30.1. The van der Waals surface area contributed by atoms with Crippen molar-refractivity contribution in [2.45, 2.75) is 389 Å². The van der Waals surface area contributed by atoms with E-state index in [9.17, 15) is 13.2 Å². The fourth-order valence-corrected chi connectivity index (χ4v) is 7.96. The van der Waals surface area contributed by atoms with Crippen molar-refractivity contribution in [3.05, 3.63) is 0 Å². The maximum atomic E-state index is 11.6. The predicted molar refractivity (Wildman–Crippen MR) is 366 cm³/mol. The maximum absolute atomic E-state index is 11.6. The first-order chi connectivity index (χ1) is 36.3. The summed E-state index contributed by atoms with van der Waals surface area (Å²) in [7, 11) is 0. The first-order valence-corrected chi connectivity index (χ1v) is 33.2. The average molecular weight is 1130 g/mol. The van der Waals surface area contributed by atoms with Crippen LogP contribution in [-0.2, 0) is 0 Å². The van der Waals surface area contributed by atoms with Gasteiger partial charge in [-0.05, 0) is 190 Å². The Hall–Kier alpha value is -1.97. The normalized spacial score (nSPS) is 20.5. The second-order valence-corrected chi connectivity index (χ2v) is 30.1. The van der Waals surface area contributed by atoms with Crippen molar-refractivity contribution < 1.29 is 13.2 Å². The van der Waals surface area contributed by atoms with Crippen LogP contribution in [0.4, 0.5) is 13.2 Å². The molecule has 0 aromatic rings. The van der Waals surface area contributed by atoms with Gasteiger partial charge < -0.3 is 0 Å². The Bertz CT molecular complexity index is 1420. The molecule has 0 unspecified atom stereocenters.